The number of aromatic amines is 1. The molecule has 0 bridgehead atoms. The van der Waals surface area contributed by atoms with Crippen molar-refractivity contribution in [2.24, 2.45) is 0 Å². The second-order valence-electron chi connectivity index (χ2n) is 3.95. The molecule has 5 heteroatoms. The molecule has 0 radical (unpaired) electrons. The van der Waals surface area contributed by atoms with Crippen LogP contribution < -0.4 is 0 Å². The van der Waals surface area contributed by atoms with Gasteiger partial charge in [-0.25, -0.2) is 4.98 Å². The molecule has 0 fully saturated rings. The van der Waals surface area contributed by atoms with Crippen molar-refractivity contribution in [3.8, 4) is 11.4 Å². The number of rotatable bonds is 4. The Morgan fingerprint density at radius 3 is 2.94 bits per heavy atom. The molecule has 0 saturated heterocycles. The number of imidazole rings is 1. The molecule has 0 aliphatic carbocycles. The van der Waals surface area contributed by atoms with Crippen LogP contribution >= 0.6 is 0 Å². The molecule has 0 saturated carbocycles. The molecule has 0 aliphatic heterocycles. The summed E-state index contributed by atoms with van der Waals surface area (Å²) in [5.41, 5.74) is 2.61. The van der Waals surface area contributed by atoms with Crippen molar-refractivity contribution >= 4 is 5.97 Å². The van der Waals surface area contributed by atoms with E-state index in [1.54, 1.807) is 6.20 Å². The van der Waals surface area contributed by atoms with Gasteiger partial charge in [-0.15, -0.1) is 0 Å². The van der Waals surface area contributed by atoms with E-state index in [2.05, 4.69) is 19.7 Å². The molecule has 94 valence electrons. The van der Waals surface area contributed by atoms with Crippen LogP contribution in [0.1, 0.15) is 17.9 Å². The molecule has 0 spiro atoms. The number of pyridine rings is 1. The Balaban J connectivity index is 2.15. The summed E-state index contributed by atoms with van der Waals surface area (Å²) in [4.78, 5) is 23.0. The molecule has 5 nitrogen and oxygen atoms in total. The molecule has 0 atom stereocenters. The normalized spacial score (nSPS) is 10.3. The summed E-state index contributed by atoms with van der Waals surface area (Å²) in [6.07, 6.45) is 2.60. The molecule has 2 aromatic rings. The van der Waals surface area contributed by atoms with Crippen molar-refractivity contribution in [3.63, 3.8) is 0 Å². The molecule has 0 amide bonds. The van der Waals surface area contributed by atoms with Gasteiger partial charge in [0.25, 0.3) is 0 Å². The lowest BCUT2D eigenvalue weighted by Gasteiger charge is -1.96. The van der Waals surface area contributed by atoms with Crippen molar-refractivity contribution in [2.45, 2.75) is 19.8 Å². The minimum absolute atomic E-state index is 0.233. The molecule has 0 aliphatic rings. The fraction of sp³-hybridized carbons (Fsp3) is 0.308. The highest BCUT2D eigenvalue weighted by Gasteiger charge is 2.11. The number of aryl methyl sites for hydroxylation is 2. The van der Waals surface area contributed by atoms with Crippen LogP contribution in [-0.4, -0.2) is 28.0 Å². The summed E-state index contributed by atoms with van der Waals surface area (Å²) in [6.45, 7) is 1.94. The number of hydrogen-bond donors (Lipinski definition) is 1. The minimum atomic E-state index is -0.233. The standard InChI is InChI=1S/C13H15N3O2/c1-9-13(10-5-3-4-8-14-10)16-11(15-9)6-7-12(17)18-2/h3-5,8H,6-7H2,1-2H3,(H,15,16). The number of methoxy groups -OCH3 is 1. The van der Waals surface area contributed by atoms with E-state index in [0.29, 0.717) is 12.8 Å². The van der Waals surface area contributed by atoms with E-state index in [9.17, 15) is 4.79 Å². The SMILES string of the molecule is COC(=O)CCc1nc(-c2ccccn2)c(C)[nH]1. The maximum absolute atomic E-state index is 11.1. The van der Waals surface area contributed by atoms with Crippen LogP contribution in [0.5, 0.6) is 0 Å². The molecule has 2 rings (SSSR count). The molecular weight excluding hydrogens is 230 g/mol. The summed E-state index contributed by atoms with van der Waals surface area (Å²) in [6, 6.07) is 5.70. The predicted octanol–water partition coefficient (Wildman–Crippen LogP) is 1.89. The van der Waals surface area contributed by atoms with Gasteiger partial charge in [0, 0.05) is 18.3 Å². The van der Waals surface area contributed by atoms with Crippen molar-refractivity contribution < 1.29 is 9.53 Å². The lowest BCUT2D eigenvalue weighted by atomic mass is 10.2. The molecular formula is C13H15N3O2. The highest BCUT2D eigenvalue weighted by molar-refractivity contribution is 5.69. The zero-order valence-electron chi connectivity index (χ0n) is 10.4. The van der Waals surface area contributed by atoms with Crippen LogP contribution in [0.2, 0.25) is 0 Å². The average Bonchev–Trinajstić information content (AvgIpc) is 2.78. The van der Waals surface area contributed by atoms with E-state index >= 15 is 0 Å². The summed E-state index contributed by atoms with van der Waals surface area (Å²) in [7, 11) is 1.38. The summed E-state index contributed by atoms with van der Waals surface area (Å²) < 4.78 is 4.60. The van der Waals surface area contributed by atoms with E-state index < -0.39 is 0 Å². The monoisotopic (exact) mass is 245 g/mol. The van der Waals surface area contributed by atoms with Gasteiger partial charge >= 0.3 is 5.97 Å². The Morgan fingerprint density at radius 1 is 1.44 bits per heavy atom. The Hall–Kier alpha value is -2.17. The first-order valence-corrected chi connectivity index (χ1v) is 5.74. The number of carbonyl (C=O) groups excluding carboxylic acids is 1. The van der Waals surface area contributed by atoms with E-state index in [1.807, 2.05) is 25.1 Å². The van der Waals surface area contributed by atoms with Gasteiger partial charge in [0.2, 0.25) is 0 Å². The van der Waals surface area contributed by atoms with Gasteiger partial charge in [0.15, 0.2) is 0 Å². The second kappa shape index (κ2) is 5.44. The van der Waals surface area contributed by atoms with Crippen LogP contribution in [0.15, 0.2) is 24.4 Å². The van der Waals surface area contributed by atoms with E-state index in [1.165, 1.54) is 7.11 Å². The van der Waals surface area contributed by atoms with Crippen molar-refractivity contribution in [3.05, 3.63) is 35.9 Å². The number of aromatic nitrogens is 3. The first kappa shape index (κ1) is 12.3. The van der Waals surface area contributed by atoms with Crippen LogP contribution in [-0.2, 0) is 16.0 Å². The van der Waals surface area contributed by atoms with E-state index in [4.69, 9.17) is 0 Å². The molecule has 0 unspecified atom stereocenters. The maximum Gasteiger partial charge on any atom is 0.305 e. The minimum Gasteiger partial charge on any atom is -0.469 e. The van der Waals surface area contributed by atoms with Gasteiger partial charge in [-0.3, -0.25) is 9.78 Å². The lowest BCUT2D eigenvalue weighted by Crippen LogP contribution is -2.02. The molecule has 2 aromatic heterocycles. The van der Waals surface area contributed by atoms with Gasteiger partial charge in [0.1, 0.15) is 11.5 Å². The van der Waals surface area contributed by atoms with Gasteiger partial charge in [-0.05, 0) is 19.1 Å². The van der Waals surface area contributed by atoms with Gasteiger partial charge in [0.05, 0.1) is 19.2 Å². The topological polar surface area (TPSA) is 67.9 Å². The van der Waals surface area contributed by atoms with Crippen LogP contribution in [0.4, 0.5) is 0 Å². The van der Waals surface area contributed by atoms with Gasteiger partial charge in [-0.2, -0.15) is 0 Å². The number of esters is 1. The number of nitrogens with one attached hydrogen (secondary N) is 1. The Kier molecular flexibility index (Phi) is 3.72. The number of nitrogens with zero attached hydrogens (tertiary/aromatic N) is 2. The Labute approximate surface area is 105 Å². The summed E-state index contributed by atoms with van der Waals surface area (Å²) >= 11 is 0. The van der Waals surface area contributed by atoms with Crippen LogP contribution in [0.25, 0.3) is 11.4 Å². The molecule has 2 heterocycles. The molecule has 0 aromatic carbocycles. The maximum atomic E-state index is 11.1. The fourth-order valence-electron chi connectivity index (χ4n) is 1.72. The quantitative estimate of drug-likeness (QED) is 0.835. The van der Waals surface area contributed by atoms with E-state index in [0.717, 1.165) is 22.9 Å². The average molecular weight is 245 g/mol. The highest BCUT2D eigenvalue weighted by Crippen LogP contribution is 2.18. The first-order chi connectivity index (χ1) is 8.70. The largest absolute Gasteiger partial charge is 0.469 e. The Morgan fingerprint density at radius 2 is 2.28 bits per heavy atom. The van der Waals surface area contributed by atoms with Crippen LogP contribution in [0, 0.1) is 6.92 Å². The van der Waals surface area contributed by atoms with E-state index in [-0.39, 0.29) is 5.97 Å². The Bertz CT molecular complexity index is 534. The van der Waals surface area contributed by atoms with Gasteiger partial charge in [-0.1, -0.05) is 6.07 Å². The smallest absolute Gasteiger partial charge is 0.305 e. The number of hydrogen-bond acceptors (Lipinski definition) is 4. The molecule has 1 N–H and O–H groups in total. The van der Waals surface area contributed by atoms with Crippen molar-refractivity contribution in [1.29, 1.82) is 0 Å². The zero-order valence-corrected chi connectivity index (χ0v) is 10.4. The lowest BCUT2D eigenvalue weighted by molar-refractivity contribution is -0.140. The number of ether oxygens (including phenoxy) is 1. The fourth-order valence-corrected chi connectivity index (χ4v) is 1.72. The molecule has 18 heavy (non-hydrogen) atoms. The zero-order chi connectivity index (χ0) is 13.0. The first-order valence-electron chi connectivity index (χ1n) is 5.74. The van der Waals surface area contributed by atoms with Crippen LogP contribution in [0.3, 0.4) is 0 Å². The van der Waals surface area contributed by atoms with Crippen molar-refractivity contribution in [2.75, 3.05) is 7.11 Å². The van der Waals surface area contributed by atoms with Crippen molar-refractivity contribution in [1.82, 2.24) is 15.0 Å². The predicted molar refractivity (Wildman–Crippen MR) is 66.9 cm³/mol. The number of carbonyl (C=O) groups is 1. The second-order valence-corrected chi connectivity index (χ2v) is 3.95. The highest BCUT2D eigenvalue weighted by atomic mass is 16.5. The number of H-pyrrole nitrogens is 1. The third-order valence-electron chi connectivity index (χ3n) is 2.63. The third-order valence-corrected chi connectivity index (χ3v) is 2.63. The summed E-state index contributed by atoms with van der Waals surface area (Å²) in [5, 5.41) is 0. The summed E-state index contributed by atoms with van der Waals surface area (Å²) in [5.74, 6) is 0.544. The third kappa shape index (κ3) is 2.74. The van der Waals surface area contributed by atoms with Gasteiger partial charge < -0.3 is 9.72 Å².